The Morgan fingerprint density at radius 1 is 0.633 bits per heavy atom. The summed E-state index contributed by atoms with van der Waals surface area (Å²) < 4.78 is 21.0. The average Bonchev–Trinajstić information content (AvgIpc) is 2.67. The van der Waals surface area contributed by atoms with E-state index < -0.39 is 12.3 Å². The third kappa shape index (κ3) is 14.5. The van der Waals surface area contributed by atoms with Gasteiger partial charge in [-0.2, -0.15) is 0 Å². The molecule has 1 aliphatic carbocycles. The highest BCUT2D eigenvalue weighted by Crippen LogP contribution is 2.24. The Bertz CT molecular complexity index is 455. The molecule has 0 aromatic carbocycles. The molecule has 6 nitrogen and oxygen atoms in total. The molecule has 0 aliphatic heterocycles. The van der Waals surface area contributed by atoms with Crippen LogP contribution in [0.3, 0.4) is 0 Å². The number of rotatable bonds is 14. The Labute approximate surface area is 183 Å². The number of hydrogen-bond donors (Lipinski definition) is 0. The van der Waals surface area contributed by atoms with Gasteiger partial charge in [0.2, 0.25) is 0 Å². The molecule has 1 saturated carbocycles. The van der Waals surface area contributed by atoms with E-state index in [1.54, 1.807) is 0 Å². The van der Waals surface area contributed by atoms with E-state index in [1.807, 2.05) is 0 Å². The van der Waals surface area contributed by atoms with Crippen LogP contribution in [0.2, 0.25) is 0 Å². The third-order valence-electron chi connectivity index (χ3n) is 5.46. The lowest BCUT2D eigenvalue weighted by Gasteiger charge is -2.27. The standard InChI is InChI=1S/C24H44O6/c1-19(2)11-9-7-5-6-8-10-17-27-23(25)29-21-12-14-22(15-13-21)30-24(26)28-18-16-20(3)4/h19-22H,5-18H2,1-4H3. The first-order chi connectivity index (χ1) is 14.4. The van der Waals surface area contributed by atoms with Gasteiger partial charge >= 0.3 is 12.3 Å². The second-order valence-corrected chi connectivity index (χ2v) is 9.32. The van der Waals surface area contributed by atoms with Crippen LogP contribution < -0.4 is 0 Å². The number of carbonyl (C=O) groups excluding carboxylic acids is 2. The summed E-state index contributed by atoms with van der Waals surface area (Å²) in [5, 5.41) is 0. The van der Waals surface area contributed by atoms with Gasteiger partial charge in [-0.15, -0.1) is 0 Å². The highest BCUT2D eigenvalue weighted by atomic mass is 16.7. The lowest BCUT2D eigenvalue weighted by molar-refractivity contribution is -0.0274. The molecule has 30 heavy (non-hydrogen) atoms. The zero-order valence-electron chi connectivity index (χ0n) is 19.7. The quantitative estimate of drug-likeness (QED) is 0.218. The van der Waals surface area contributed by atoms with Gasteiger partial charge < -0.3 is 18.9 Å². The Hall–Kier alpha value is -1.46. The first-order valence-electron chi connectivity index (χ1n) is 12.0. The molecule has 0 amide bonds. The van der Waals surface area contributed by atoms with Crippen molar-refractivity contribution in [3.8, 4) is 0 Å². The molecule has 0 bridgehead atoms. The van der Waals surface area contributed by atoms with Gasteiger partial charge in [0.1, 0.15) is 12.2 Å². The Kier molecular flexibility index (Phi) is 14.4. The minimum Gasteiger partial charge on any atom is -0.434 e. The molecular formula is C24H44O6. The van der Waals surface area contributed by atoms with Crippen LogP contribution in [-0.4, -0.2) is 37.7 Å². The molecule has 1 aliphatic rings. The predicted molar refractivity (Wildman–Crippen MR) is 118 cm³/mol. The van der Waals surface area contributed by atoms with Gasteiger partial charge in [0.25, 0.3) is 0 Å². The van der Waals surface area contributed by atoms with E-state index in [1.165, 1.54) is 32.1 Å². The van der Waals surface area contributed by atoms with Gasteiger partial charge in [-0.3, -0.25) is 0 Å². The second-order valence-electron chi connectivity index (χ2n) is 9.32. The summed E-state index contributed by atoms with van der Waals surface area (Å²) in [4.78, 5) is 23.5. The first kappa shape index (κ1) is 26.6. The Morgan fingerprint density at radius 3 is 1.57 bits per heavy atom. The fraction of sp³-hybridized carbons (Fsp3) is 0.917. The molecule has 0 aromatic heterocycles. The Morgan fingerprint density at radius 2 is 1.07 bits per heavy atom. The van der Waals surface area contributed by atoms with E-state index in [2.05, 4.69) is 27.7 Å². The molecule has 0 heterocycles. The first-order valence-corrected chi connectivity index (χ1v) is 12.0. The van der Waals surface area contributed by atoms with Crippen LogP contribution in [0, 0.1) is 11.8 Å². The molecule has 0 radical (unpaired) electrons. The van der Waals surface area contributed by atoms with Gasteiger partial charge in [0, 0.05) is 0 Å². The Balaban J connectivity index is 1.98. The van der Waals surface area contributed by atoms with Crippen LogP contribution in [0.25, 0.3) is 0 Å². The molecule has 0 N–H and O–H groups in total. The maximum absolute atomic E-state index is 11.8. The molecule has 0 unspecified atom stereocenters. The molecule has 0 atom stereocenters. The van der Waals surface area contributed by atoms with E-state index in [0.717, 1.165) is 25.2 Å². The number of carbonyl (C=O) groups is 2. The third-order valence-corrected chi connectivity index (χ3v) is 5.46. The number of unbranched alkanes of at least 4 members (excludes halogenated alkanes) is 5. The molecule has 0 spiro atoms. The van der Waals surface area contributed by atoms with Gasteiger partial charge in [0.05, 0.1) is 13.2 Å². The normalized spacial score (nSPS) is 19.0. The zero-order chi connectivity index (χ0) is 22.2. The summed E-state index contributed by atoms with van der Waals surface area (Å²) in [6, 6.07) is 0. The molecule has 176 valence electrons. The smallest absolute Gasteiger partial charge is 0.434 e. The summed E-state index contributed by atoms with van der Waals surface area (Å²) in [7, 11) is 0. The van der Waals surface area contributed by atoms with Crippen molar-refractivity contribution in [2.24, 2.45) is 11.8 Å². The molecule has 0 saturated heterocycles. The molecule has 0 aromatic rings. The van der Waals surface area contributed by atoms with Gasteiger partial charge in [-0.25, -0.2) is 9.59 Å². The molecule has 1 fully saturated rings. The van der Waals surface area contributed by atoms with Crippen LogP contribution in [-0.2, 0) is 18.9 Å². The van der Waals surface area contributed by atoms with Gasteiger partial charge in [-0.1, -0.05) is 66.2 Å². The largest absolute Gasteiger partial charge is 0.508 e. The maximum Gasteiger partial charge on any atom is 0.508 e. The molecule has 1 rings (SSSR count). The SMILES string of the molecule is CC(C)CCCCCCCCOC(=O)OC1CCC(OC(=O)OCCC(C)C)CC1. The van der Waals surface area contributed by atoms with Gasteiger partial charge in [0.15, 0.2) is 0 Å². The summed E-state index contributed by atoms with van der Waals surface area (Å²) in [5.74, 6) is 1.28. The van der Waals surface area contributed by atoms with Crippen molar-refractivity contribution in [3.05, 3.63) is 0 Å². The van der Waals surface area contributed by atoms with Crippen LogP contribution in [0.15, 0.2) is 0 Å². The fourth-order valence-electron chi connectivity index (χ4n) is 3.50. The lowest BCUT2D eigenvalue weighted by Crippen LogP contribution is -2.30. The zero-order valence-corrected chi connectivity index (χ0v) is 19.7. The van der Waals surface area contributed by atoms with Crippen LogP contribution >= 0.6 is 0 Å². The minimum atomic E-state index is -0.598. The van der Waals surface area contributed by atoms with Crippen molar-refractivity contribution in [2.45, 2.75) is 117 Å². The molecular weight excluding hydrogens is 384 g/mol. The summed E-state index contributed by atoms with van der Waals surface area (Å²) in [6.45, 7) is 9.50. The van der Waals surface area contributed by atoms with Gasteiger partial charge in [-0.05, 0) is 50.4 Å². The van der Waals surface area contributed by atoms with Crippen molar-refractivity contribution in [1.82, 2.24) is 0 Å². The van der Waals surface area contributed by atoms with Crippen LogP contribution in [0.5, 0.6) is 0 Å². The second kappa shape index (κ2) is 16.3. The highest BCUT2D eigenvalue weighted by molar-refractivity contribution is 5.60. The number of hydrogen-bond acceptors (Lipinski definition) is 6. The number of ether oxygens (including phenoxy) is 4. The summed E-state index contributed by atoms with van der Waals surface area (Å²) >= 11 is 0. The monoisotopic (exact) mass is 428 g/mol. The van der Waals surface area contributed by atoms with Crippen LogP contribution in [0.4, 0.5) is 9.59 Å². The van der Waals surface area contributed by atoms with Crippen molar-refractivity contribution >= 4 is 12.3 Å². The van der Waals surface area contributed by atoms with E-state index in [9.17, 15) is 9.59 Å². The summed E-state index contributed by atoms with van der Waals surface area (Å²) in [5.41, 5.74) is 0. The summed E-state index contributed by atoms with van der Waals surface area (Å²) in [6.07, 6.45) is 10.4. The van der Waals surface area contributed by atoms with E-state index in [4.69, 9.17) is 18.9 Å². The minimum absolute atomic E-state index is 0.157. The fourth-order valence-corrected chi connectivity index (χ4v) is 3.50. The highest BCUT2D eigenvalue weighted by Gasteiger charge is 2.27. The van der Waals surface area contributed by atoms with Crippen molar-refractivity contribution in [1.29, 1.82) is 0 Å². The lowest BCUT2D eigenvalue weighted by atomic mass is 9.95. The van der Waals surface area contributed by atoms with E-state index >= 15 is 0 Å². The van der Waals surface area contributed by atoms with E-state index in [0.29, 0.717) is 44.8 Å². The van der Waals surface area contributed by atoms with Crippen molar-refractivity contribution in [2.75, 3.05) is 13.2 Å². The molecule has 6 heteroatoms. The van der Waals surface area contributed by atoms with E-state index in [-0.39, 0.29) is 12.2 Å². The van der Waals surface area contributed by atoms with Crippen molar-refractivity contribution in [3.63, 3.8) is 0 Å². The van der Waals surface area contributed by atoms with Crippen LogP contribution in [0.1, 0.15) is 105 Å². The predicted octanol–water partition coefficient (Wildman–Crippen LogP) is 7.04. The maximum atomic E-state index is 11.8. The average molecular weight is 429 g/mol. The topological polar surface area (TPSA) is 71.1 Å². The van der Waals surface area contributed by atoms with Crippen molar-refractivity contribution < 1.29 is 28.5 Å².